The van der Waals surface area contributed by atoms with Gasteiger partial charge in [-0.1, -0.05) is 0 Å². The van der Waals surface area contributed by atoms with Crippen molar-refractivity contribution in [1.29, 1.82) is 0 Å². The highest BCUT2D eigenvalue weighted by atomic mass is 19.1. The van der Waals surface area contributed by atoms with E-state index in [2.05, 4.69) is 20.5 Å². The molecule has 2 aromatic rings. The van der Waals surface area contributed by atoms with Crippen LogP contribution in [0.5, 0.6) is 0 Å². The second kappa shape index (κ2) is 3.64. The first kappa shape index (κ1) is 9.41. The molecule has 0 aromatic carbocycles. The molecule has 0 saturated heterocycles. The number of nitrogens with zero attached hydrogens (tertiary/aromatic N) is 4. The minimum absolute atomic E-state index is 0.483. The third-order valence-electron chi connectivity index (χ3n) is 2.61. The SMILES string of the molecule is Fc1ccc(-c2nnc3n2CCNC3)cn1. The van der Waals surface area contributed by atoms with Crippen LogP contribution < -0.4 is 5.32 Å². The molecule has 0 radical (unpaired) electrons. The third-order valence-corrected chi connectivity index (χ3v) is 2.61. The predicted molar refractivity (Wildman–Crippen MR) is 54.9 cm³/mol. The summed E-state index contributed by atoms with van der Waals surface area (Å²) < 4.78 is 14.7. The lowest BCUT2D eigenvalue weighted by Crippen LogP contribution is -2.28. The Hall–Kier alpha value is -1.82. The van der Waals surface area contributed by atoms with Gasteiger partial charge >= 0.3 is 0 Å². The number of nitrogens with one attached hydrogen (secondary N) is 1. The van der Waals surface area contributed by atoms with E-state index in [1.54, 1.807) is 6.07 Å². The van der Waals surface area contributed by atoms with E-state index in [4.69, 9.17) is 0 Å². The zero-order valence-corrected chi connectivity index (χ0v) is 8.52. The molecule has 3 rings (SSSR count). The maximum absolute atomic E-state index is 12.7. The second-order valence-electron chi connectivity index (χ2n) is 3.64. The Morgan fingerprint density at radius 3 is 3.06 bits per heavy atom. The Bertz CT molecular complexity index is 504. The molecular formula is C10H10FN5. The van der Waals surface area contributed by atoms with Gasteiger partial charge in [-0.2, -0.15) is 4.39 Å². The van der Waals surface area contributed by atoms with Crippen LogP contribution in [-0.2, 0) is 13.1 Å². The van der Waals surface area contributed by atoms with Gasteiger partial charge in [-0.25, -0.2) is 4.98 Å². The summed E-state index contributed by atoms with van der Waals surface area (Å²) in [6, 6.07) is 3.00. The topological polar surface area (TPSA) is 55.6 Å². The average Bonchev–Trinajstić information content (AvgIpc) is 2.74. The van der Waals surface area contributed by atoms with Crippen molar-refractivity contribution >= 4 is 0 Å². The second-order valence-corrected chi connectivity index (χ2v) is 3.64. The van der Waals surface area contributed by atoms with E-state index in [-0.39, 0.29) is 0 Å². The van der Waals surface area contributed by atoms with Crippen molar-refractivity contribution in [3.05, 3.63) is 30.1 Å². The van der Waals surface area contributed by atoms with Crippen molar-refractivity contribution in [2.75, 3.05) is 6.54 Å². The van der Waals surface area contributed by atoms with Gasteiger partial charge in [0.25, 0.3) is 0 Å². The minimum Gasteiger partial charge on any atom is -0.309 e. The fraction of sp³-hybridized carbons (Fsp3) is 0.300. The fourth-order valence-corrected chi connectivity index (χ4v) is 1.81. The van der Waals surface area contributed by atoms with Crippen LogP contribution in [0.15, 0.2) is 18.3 Å². The number of hydrogen-bond donors (Lipinski definition) is 1. The summed E-state index contributed by atoms with van der Waals surface area (Å²) in [4.78, 5) is 3.62. The Labute approximate surface area is 91.3 Å². The Balaban J connectivity index is 2.06. The standard InChI is InChI=1S/C10H10FN5/c11-8-2-1-7(5-13-8)10-15-14-9-6-12-3-4-16(9)10/h1-2,5,12H,3-4,6H2. The summed E-state index contributed by atoms with van der Waals surface area (Å²) in [5.41, 5.74) is 0.794. The molecule has 1 aliphatic rings. The molecule has 0 unspecified atom stereocenters. The summed E-state index contributed by atoms with van der Waals surface area (Å²) in [5, 5.41) is 11.4. The molecule has 0 spiro atoms. The van der Waals surface area contributed by atoms with Crippen molar-refractivity contribution in [3.63, 3.8) is 0 Å². The zero-order chi connectivity index (χ0) is 11.0. The first-order valence-electron chi connectivity index (χ1n) is 5.09. The summed E-state index contributed by atoms with van der Waals surface area (Å²) >= 11 is 0. The summed E-state index contributed by atoms with van der Waals surface area (Å²) in [6.07, 6.45) is 1.48. The monoisotopic (exact) mass is 219 g/mol. The molecule has 6 heteroatoms. The van der Waals surface area contributed by atoms with Crippen LogP contribution in [0.1, 0.15) is 5.82 Å². The van der Waals surface area contributed by atoms with Crippen LogP contribution in [0.3, 0.4) is 0 Å². The molecule has 0 amide bonds. The molecule has 1 aliphatic heterocycles. The van der Waals surface area contributed by atoms with Crippen LogP contribution in [0.4, 0.5) is 4.39 Å². The molecule has 0 aliphatic carbocycles. The molecule has 5 nitrogen and oxygen atoms in total. The van der Waals surface area contributed by atoms with E-state index >= 15 is 0 Å². The van der Waals surface area contributed by atoms with Crippen LogP contribution in [0.25, 0.3) is 11.4 Å². The molecule has 3 heterocycles. The quantitative estimate of drug-likeness (QED) is 0.713. The van der Waals surface area contributed by atoms with E-state index in [0.29, 0.717) is 0 Å². The molecule has 1 N–H and O–H groups in total. The van der Waals surface area contributed by atoms with Gasteiger partial charge in [-0.05, 0) is 12.1 Å². The highest BCUT2D eigenvalue weighted by molar-refractivity contribution is 5.53. The maximum Gasteiger partial charge on any atom is 0.212 e. The van der Waals surface area contributed by atoms with Crippen LogP contribution in [0, 0.1) is 5.95 Å². The van der Waals surface area contributed by atoms with Gasteiger partial charge in [-0.3, -0.25) is 0 Å². The third kappa shape index (κ3) is 1.47. The van der Waals surface area contributed by atoms with Crippen LogP contribution in [0.2, 0.25) is 0 Å². The molecule has 0 saturated carbocycles. The van der Waals surface area contributed by atoms with Gasteiger partial charge in [0.05, 0.1) is 6.54 Å². The van der Waals surface area contributed by atoms with Crippen molar-refractivity contribution in [2.45, 2.75) is 13.1 Å². The maximum atomic E-state index is 12.7. The highest BCUT2D eigenvalue weighted by Crippen LogP contribution is 2.18. The average molecular weight is 219 g/mol. The lowest BCUT2D eigenvalue weighted by atomic mass is 10.2. The van der Waals surface area contributed by atoms with E-state index in [1.807, 2.05) is 4.57 Å². The van der Waals surface area contributed by atoms with Crippen molar-refractivity contribution in [3.8, 4) is 11.4 Å². The minimum atomic E-state index is -0.483. The first-order chi connectivity index (χ1) is 7.84. The predicted octanol–water partition coefficient (Wildman–Crippen LogP) is 0.582. The molecule has 0 fully saturated rings. The Kier molecular flexibility index (Phi) is 2.14. The molecule has 0 bridgehead atoms. The van der Waals surface area contributed by atoms with Gasteiger partial charge < -0.3 is 9.88 Å². The van der Waals surface area contributed by atoms with E-state index in [9.17, 15) is 4.39 Å². The van der Waals surface area contributed by atoms with Gasteiger partial charge in [0, 0.05) is 24.8 Å². The van der Waals surface area contributed by atoms with E-state index in [0.717, 1.165) is 36.8 Å². The number of aromatic nitrogens is 4. The first-order valence-corrected chi connectivity index (χ1v) is 5.09. The van der Waals surface area contributed by atoms with Gasteiger partial charge in [-0.15, -0.1) is 10.2 Å². The van der Waals surface area contributed by atoms with Gasteiger partial charge in [0.15, 0.2) is 5.82 Å². The Morgan fingerprint density at radius 2 is 2.25 bits per heavy atom. The van der Waals surface area contributed by atoms with Crippen LogP contribution >= 0.6 is 0 Å². The fourth-order valence-electron chi connectivity index (χ4n) is 1.81. The molecular weight excluding hydrogens is 209 g/mol. The van der Waals surface area contributed by atoms with Crippen molar-refractivity contribution in [1.82, 2.24) is 25.1 Å². The summed E-state index contributed by atoms with van der Waals surface area (Å²) in [7, 11) is 0. The number of halogens is 1. The number of hydrogen-bond acceptors (Lipinski definition) is 4. The van der Waals surface area contributed by atoms with E-state index < -0.39 is 5.95 Å². The zero-order valence-electron chi connectivity index (χ0n) is 8.52. The number of fused-ring (bicyclic) bond motifs is 1. The molecule has 16 heavy (non-hydrogen) atoms. The largest absolute Gasteiger partial charge is 0.309 e. The molecule has 82 valence electrons. The number of rotatable bonds is 1. The Morgan fingerprint density at radius 1 is 1.31 bits per heavy atom. The normalized spacial score (nSPS) is 14.8. The van der Waals surface area contributed by atoms with Gasteiger partial charge in [0.2, 0.25) is 5.95 Å². The molecule has 0 atom stereocenters. The van der Waals surface area contributed by atoms with Crippen LogP contribution in [-0.4, -0.2) is 26.3 Å². The number of pyridine rings is 1. The lowest BCUT2D eigenvalue weighted by Gasteiger charge is -2.15. The summed E-state index contributed by atoms with van der Waals surface area (Å²) in [6.45, 7) is 2.45. The van der Waals surface area contributed by atoms with Crippen molar-refractivity contribution in [2.24, 2.45) is 0 Å². The summed E-state index contributed by atoms with van der Waals surface area (Å²) in [5.74, 6) is 1.18. The highest BCUT2D eigenvalue weighted by Gasteiger charge is 2.16. The van der Waals surface area contributed by atoms with Gasteiger partial charge in [0.1, 0.15) is 5.82 Å². The van der Waals surface area contributed by atoms with E-state index in [1.165, 1.54) is 12.3 Å². The molecule has 2 aromatic heterocycles. The smallest absolute Gasteiger partial charge is 0.212 e. The lowest BCUT2D eigenvalue weighted by molar-refractivity contribution is 0.508. The van der Waals surface area contributed by atoms with Crippen molar-refractivity contribution < 1.29 is 4.39 Å².